The van der Waals surface area contributed by atoms with E-state index in [-0.39, 0.29) is 10.6 Å². The van der Waals surface area contributed by atoms with E-state index in [1.165, 1.54) is 6.07 Å². The molecule has 6 heteroatoms. The molecule has 0 spiro atoms. The standard InChI is InChI=1S/C14H17N3O3/c1-3-6-15-9-14-16-8-13(20-14)11-4-5-12(17(18)19)10(2)7-11/h4-5,7-8,15H,3,6,9H2,1-2H3. The highest BCUT2D eigenvalue weighted by atomic mass is 16.6. The average Bonchev–Trinajstić information content (AvgIpc) is 2.87. The molecule has 0 saturated carbocycles. The number of nitro benzene ring substituents is 1. The Labute approximate surface area is 117 Å². The van der Waals surface area contributed by atoms with Gasteiger partial charge in [-0.3, -0.25) is 10.1 Å². The van der Waals surface area contributed by atoms with Gasteiger partial charge in [0.05, 0.1) is 17.7 Å². The summed E-state index contributed by atoms with van der Waals surface area (Å²) in [5, 5.41) is 14.0. The van der Waals surface area contributed by atoms with Crippen molar-refractivity contribution in [1.29, 1.82) is 0 Å². The third kappa shape index (κ3) is 3.21. The summed E-state index contributed by atoms with van der Waals surface area (Å²) in [5.74, 6) is 1.24. The van der Waals surface area contributed by atoms with Gasteiger partial charge in [-0.25, -0.2) is 4.98 Å². The van der Waals surface area contributed by atoms with E-state index >= 15 is 0 Å². The normalized spacial score (nSPS) is 10.7. The fourth-order valence-corrected chi connectivity index (χ4v) is 1.91. The molecular formula is C14H17N3O3. The van der Waals surface area contributed by atoms with E-state index in [4.69, 9.17) is 4.42 Å². The number of hydrogen-bond donors (Lipinski definition) is 1. The van der Waals surface area contributed by atoms with E-state index in [1.54, 1.807) is 25.3 Å². The summed E-state index contributed by atoms with van der Waals surface area (Å²) in [7, 11) is 0. The van der Waals surface area contributed by atoms with Crippen molar-refractivity contribution in [2.45, 2.75) is 26.8 Å². The molecule has 0 fully saturated rings. The third-order valence-electron chi connectivity index (χ3n) is 2.93. The Morgan fingerprint density at radius 1 is 1.45 bits per heavy atom. The minimum absolute atomic E-state index is 0.109. The first-order chi connectivity index (χ1) is 9.61. The molecule has 0 aliphatic carbocycles. The molecule has 0 bridgehead atoms. The topological polar surface area (TPSA) is 81.2 Å². The number of aromatic nitrogens is 1. The second-order valence-electron chi connectivity index (χ2n) is 4.55. The smallest absolute Gasteiger partial charge is 0.272 e. The second kappa shape index (κ2) is 6.29. The van der Waals surface area contributed by atoms with Crippen molar-refractivity contribution in [3.05, 3.63) is 46.0 Å². The molecule has 0 radical (unpaired) electrons. The molecule has 1 aromatic carbocycles. The van der Waals surface area contributed by atoms with Crippen LogP contribution in [0.15, 0.2) is 28.8 Å². The lowest BCUT2D eigenvalue weighted by Gasteiger charge is -2.00. The Bertz CT molecular complexity index is 607. The van der Waals surface area contributed by atoms with Crippen LogP contribution in [0.1, 0.15) is 24.8 Å². The van der Waals surface area contributed by atoms with Crippen LogP contribution >= 0.6 is 0 Å². The number of aryl methyl sites for hydroxylation is 1. The largest absolute Gasteiger partial charge is 0.439 e. The van der Waals surface area contributed by atoms with Gasteiger partial charge in [0.15, 0.2) is 5.76 Å². The molecule has 1 aromatic heterocycles. The van der Waals surface area contributed by atoms with Gasteiger partial charge in [0.25, 0.3) is 5.69 Å². The number of nitrogens with zero attached hydrogens (tertiary/aromatic N) is 2. The van der Waals surface area contributed by atoms with Crippen molar-refractivity contribution in [3.63, 3.8) is 0 Å². The maximum Gasteiger partial charge on any atom is 0.272 e. The first-order valence-electron chi connectivity index (χ1n) is 6.52. The zero-order valence-electron chi connectivity index (χ0n) is 11.5. The number of nitro groups is 1. The molecule has 2 aromatic rings. The highest BCUT2D eigenvalue weighted by Gasteiger charge is 2.13. The van der Waals surface area contributed by atoms with Crippen LogP contribution in [0.4, 0.5) is 5.69 Å². The van der Waals surface area contributed by atoms with Gasteiger partial charge in [0, 0.05) is 17.2 Å². The number of benzene rings is 1. The fraction of sp³-hybridized carbons (Fsp3) is 0.357. The molecule has 106 valence electrons. The summed E-state index contributed by atoms with van der Waals surface area (Å²) in [4.78, 5) is 14.6. The highest BCUT2D eigenvalue weighted by Crippen LogP contribution is 2.26. The zero-order chi connectivity index (χ0) is 14.5. The van der Waals surface area contributed by atoms with Crippen LogP contribution in [-0.2, 0) is 6.54 Å². The van der Waals surface area contributed by atoms with Gasteiger partial charge in [0.2, 0.25) is 5.89 Å². The van der Waals surface area contributed by atoms with Gasteiger partial charge in [-0.15, -0.1) is 0 Å². The Kier molecular flexibility index (Phi) is 4.47. The maximum absolute atomic E-state index is 10.8. The Morgan fingerprint density at radius 3 is 2.90 bits per heavy atom. The van der Waals surface area contributed by atoms with Crippen molar-refractivity contribution in [2.75, 3.05) is 6.54 Å². The van der Waals surface area contributed by atoms with Crippen molar-refractivity contribution < 1.29 is 9.34 Å². The quantitative estimate of drug-likeness (QED) is 0.498. The lowest BCUT2D eigenvalue weighted by molar-refractivity contribution is -0.385. The zero-order valence-corrected chi connectivity index (χ0v) is 11.5. The molecule has 2 rings (SSSR count). The lowest BCUT2D eigenvalue weighted by Crippen LogP contribution is -2.13. The monoisotopic (exact) mass is 275 g/mol. The summed E-state index contributed by atoms with van der Waals surface area (Å²) < 4.78 is 5.63. The Balaban J connectivity index is 2.15. The van der Waals surface area contributed by atoms with Gasteiger partial charge in [-0.05, 0) is 32.0 Å². The Morgan fingerprint density at radius 2 is 2.25 bits per heavy atom. The van der Waals surface area contributed by atoms with Gasteiger partial charge in [-0.2, -0.15) is 0 Å². The van der Waals surface area contributed by atoms with E-state index in [0.717, 1.165) is 18.5 Å². The first kappa shape index (κ1) is 14.2. The lowest BCUT2D eigenvalue weighted by atomic mass is 10.1. The maximum atomic E-state index is 10.8. The summed E-state index contributed by atoms with van der Waals surface area (Å²) in [6.45, 7) is 5.30. The first-order valence-corrected chi connectivity index (χ1v) is 6.52. The van der Waals surface area contributed by atoms with Crippen LogP contribution in [0.2, 0.25) is 0 Å². The molecule has 0 unspecified atom stereocenters. The number of nitrogens with one attached hydrogen (secondary N) is 1. The van der Waals surface area contributed by atoms with E-state index in [9.17, 15) is 10.1 Å². The molecular weight excluding hydrogens is 258 g/mol. The minimum Gasteiger partial charge on any atom is -0.439 e. The molecule has 1 heterocycles. The minimum atomic E-state index is -0.389. The van der Waals surface area contributed by atoms with Gasteiger partial charge >= 0.3 is 0 Å². The van der Waals surface area contributed by atoms with Gasteiger partial charge in [-0.1, -0.05) is 6.92 Å². The Hall–Kier alpha value is -2.21. The summed E-state index contributed by atoms with van der Waals surface area (Å²) in [6, 6.07) is 4.90. The van der Waals surface area contributed by atoms with E-state index in [1.807, 2.05) is 0 Å². The predicted octanol–water partition coefficient (Wildman–Crippen LogP) is 3.06. The highest BCUT2D eigenvalue weighted by molar-refractivity contribution is 5.61. The van der Waals surface area contributed by atoms with Crippen molar-refractivity contribution in [2.24, 2.45) is 0 Å². The predicted molar refractivity (Wildman–Crippen MR) is 75.3 cm³/mol. The fourth-order valence-electron chi connectivity index (χ4n) is 1.91. The van der Waals surface area contributed by atoms with Gasteiger partial charge in [0.1, 0.15) is 0 Å². The molecule has 0 aliphatic rings. The van der Waals surface area contributed by atoms with E-state index in [0.29, 0.717) is 23.8 Å². The van der Waals surface area contributed by atoms with Crippen LogP contribution in [0.3, 0.4) is 0 Å². The van der Waals surface area contributed by atoms with E-state index in [2.05, 4.69) is 17.2 Å². The van der Waals surface area contributed by atoms with Crippen LogP contribution in [0.25, 0.3) is 11.3 Å². The molecule has 1 N–H and O–H groups in total. The third-order valence-corrected chi connectivity index (χ3v) is 2.93. The van der Waals surface area contributed by atoms with E-state index < -0.39 is 0 Å². The van der Waals surface area contributed by atoms with Crippen LogP contribution in [-0.4, -0.2) is 16.5 Å². The summed E-state index contributed by atoms with van der Waals surface area (Å²) in [6.07, 6.45) is 2.69. The number of hydrogen-bond acceptors (Lipinski definition) is 5. The molecule has 6 nitrogen and oxygen atoms in total. The molecule has 0 aliphatic heterocycles. The SMILES string of the molecule is CCCNCc1ncc(-c2ccc([N+](=O)[O-])c(C)c2)o1. The van der Waals surface area contributed by atoms with Crippen LogP contribution in [0, 0.1) is 17.0 Å². The molecule has 20 heavy (non-hydrogen) atoms. The number of rotatable bonds is 6. The second-order valence-corrected chi connectivity index (χ2v) is 4.55. The average molecular weight is 275 g/mol. The summed E-state index contributed by atoms with van der Waals surface area (Å²) >= 11 is 0. The van der Waals surface area contributed by atoms with Crippen molar-refractivity contribution in [1.82, 2.24) is 10.3 Å². The number of oxazole rings is 1. The van der Waals surface area contributed by atoms with Crippen molar-refractivity contribution >= 4 is 5.69 Å². The van der Waals surface area contributed by atoms with Gasteiger partial charge < -0.3 is 9.73 Å². The van der Waals surface area contributed by atoms with Crippen LogP contribution in [0.5, 0.6) is 0 Å². The van der Waals surface area contributed by atoms with Crippen LogP contribution < -0.4 is 5.32 Å². The van der Waals surface area contributed by atoms with Crippen molar-refractivity contribution in [3.8, 4) is 11.3 Å². The summed E-state index contributed by atoms with van der Waals surface area (Å²) in [5.41, 5.74) is 1.51. The molecule has 0 atom stereocenters. The molecule has 0 amide bonds. The molecule has 0 saturated heterocycles.